The smallest absolute Gasteiger partial charge is 0.317 e. The van der Waals surface area contributed by atoms with E-state index >= 15 is 0 Å². The van der Waals surface area contributed by atoms with Gasteiger partial charge in [0.05, 0.1) is 19.3 Å². The van der Waals surface area contributed by atoms with Crippen LogP contribution in [0.5, 0.6) is 0 Å². The standard InChI is InChI=1S/C12H23NO4/c1-16-8-7-13(9-12(14)15)10-5-3-4-6-11(10)17-2/h10-11H,3-9H2,1-2H3,(H,14,15). The monoisotopic (exact) mass is 245 g/mol. The number of rotatable bonds is 7. The third kappa shape index (κ3) is 4.61. The van der Waals surface area contributed by atoms with Crippen LogP contribution in [0.25, 0.3) is 0 Å². The van der Waals surface area contributed by atoms with Crippen LogP contribution in [0.4, 0.5) is 0 Å². The molecule has 0 spiro atoms. The average Bonchev–Trinajstić information content (AvgIpc) is 2.34. The third-order valence-electron chi connectivity index (χ3n) is 3.36. The maximum atomic E-state index is 10.9. The summed E-state index contributed by atoms with van der Waals surface area (Å²) in [4.78, 5) is 12.9. The van der Waals surface area contributed by atoms with Crippen LogP contribution in [-0.2, 0) is 14.3 Å². The lowest BCUT2D eigenvalue weighted by Gasteiger charge is -2.38. The highest BCUT2D eigenvalue weighted by Gasteiger charge is 2.30. The van der Waals surface area contributed by atoms with Crippen LogP contribution in [0.2, 0.25) is 0 Å². The Bertz CT molecular complexity index is 235. The lowest BCUT2D eigenvalue weighted by Crippen LogP contribution is -2.49. The van der Waals surface area contributed by atoms with E-state index in [1.807, 2.05) is 4.90 Å². The number of carbonyl (C=O) groups is 1. The minimum atomic E-state index is -0.790. The van der Waals surface area contributed by atoms with Gasteiger partial charge in [0.25, 0.3) is 0 Å². The molecule has 0 aliphatic heterocycles. The number of nitrogens with zero attached hydrogens (tertiary/aromatic N) is 1. The molecule has 0 aromatic heterocycles. The molecule has 1 aliphatic rings. The second-order valence-corrected chi connectivity index (χ2v) is 4.48. The van der Waals surface area contributed by atoms with Crippen molar-refractivity contribution in [3.63, 3.8) is 0 Å². The normalized spacial score (nSPS) is 25.1. The molecule has 17 heavy (non-hydrogen) atoms. The van der Waals surface area contributed by atoms with Crippen molar-refractivity contribution in [2.75, 3.05) is 33.9 Å². The molecule has 0 heterocycles. The molecule has 1 rings (SSSR count). The summed E-state index contributed by atoms with van der Waals surface area (Å²) >= 11 is 0. The molecule has 0 amide bonds. The highest BCUT2D eigenvalue weighted by Crippen LogP contribution is 2.25. The number of ether oxygens (including phenoxy) is 2. The SMILES string of the molecule is COCCN(CC(=O)O)C1CCCCC1OC. The molecule has 2 atom stereocenters. The van der Waals surface area contributed by atoms with E-state index in [9.17, 15) is 4.79 Å². The van der Waals surface area contributed by atoms with Gasteiger partial charge in [0, 0.05) is 26.8 Å². The van der Waals surface area contributed by atoms with Crippen LogP contribution >= 0.6 is 0 Å². The van der Waals surface area contributed by atoms with Gasteiger partial charge in [-0.25, -0.2) is 0 Å². The largest absolute Gasteiger partial charge is 0.480 e. The van der Waals surface area contributed by atoms with Gasteiger partial charge < -0.3 is 14.6 Å². The van der Waals surface area contributed by atoms with Crippen LogP contribution in [-0.4, -0.2) is 62.0 Å². The van der Waals surface area contributed by atoms with Crippen molar-refractivity contribution in [2.45, 2.75) is 37.8 Å². The fourth-order valence-electron chi connectivity index (χ4n) is 2.51. The first-order valence-corrected chi connectivity index (χ1v) is 6.16. The lowest BCUT2D eigenvalue weighted by molar-refractivity contribution is -0.140. The Kier molecular flexibility index (Phi) is 6.47. The molecular formula is C12H23NO4. The Morgan fingerprint density at radius 2 is 2.06 bits per heavy atom. The van der Waals surface area contributed by atoms with E-state index in [0.29, 0.717) is 13.2 Å². The first-order valence-electron chi connectivity index (χ1n) is 6.16. The molecule has 1 aliphatic carbocycles. The number of aliphatic carboxylic acids is 1. The van der Waals surface area contributed by atoms with Crippen molar-refractivity contribution >= 4 is 5.97 Å². The molecule has 5 heteroatoms. The van der Waals surface area contributed by atoms with E-state index < -0.39 is 5.97 Å². The van der Waals surface area contributed by atoms with Crippen LogP contribution < -0.4 is 0 Å². The van der Waals surface area contributed by atoms with Gasteiger partial charge in [-0.05, 0) is 12.8 Å². The Morgan fingerprint density at radius 3 is 2.65 bits per heavy atom. The van der Waals surface area contributed by atoms with Gasteiger partial charge in [0.1, 0.15) is 0 Å². The van der Waals surface area contributed by atoms with E-state index in [4.69, 9.17) is 14.6 Å². The minimum absolute atomic E-state index is 0.0634. The predicted molar refractivity (Wildman–Crippen MR) is 64.1 cm³/mol. The Hall–Kier alpha value is -0.650. The zero-order valence-electron chi connectivity index (χ0n) is 10.7. The van der Waals surface area contributed by atoms with Gasteiger partial charge in [-0.2, -0.15) is 0 Å². The molecule has 0 bridgehead atoms. The highest BCUT2D eigenvalue weighted by atomic mass is 16.5. The summed E-state index contributed by atoms with van der Waals surface area (Å²) in [7, 11) is 3.34. The Labute approximate surface area is 103 Å². The fraction of sp³-hybridized carbons (Fsp3) is 0.917. The van der Waals surface area contributed by atoms with E-state index in [0.717, 1.165) is 19.3 Å². The Balaban J connectivity index is 2.60. The van der Waals surface area contributed by atoms with E-state index in [1.54, 1.807) is 14.2 Å². The second-order valence-electron chi connectivity index (χ2n) is 4.48. The summed E-state index contributed by atoms with van der Waals surface area (Å²) < 4.78 is 10.5. The summed E-state index contributed by atoms with van der Waals surface area (Å²) in [6.45, 7) is 1.27. The third-order valence-corrected chi connectivity index (χ3v) is 3.36. The van der Waals surface area contributed by atoms with Crippen molar-refractivity contribution in [2.24, 2.45) is 0 Å². The summed E-state index contributed by atoms with van der Waals surface area (Å²) in [6, 6.07) is 0.208. The molecule has 0 saturated heterocycles. The van der Waals surface area contributed by atoms with Crippen LogP contribution in [0.3, 0.4) is 0 Å². The van der Waals surface area contributed by atoms with Crippen molar-refractivity contribution in [1.82, 2.24) is 4.90 Å². The molecule has 2 unspecified atom stereocenters. The summed E-state index contributed by atoms with van der Waals surface area (Å²) in [5.41, 5.74) is 0. The highest BCUT2D eigenvalue weighted by molar-refractivity contribution is 5.69. The number of hydrogen-bond donors (Lipinski definition) is 1. The number of hydrogen-bond acceptors (Lipinski definition) is 4. The first-order chi connectivity index (χ1) is 8.19. The fourth-order valence-corrected chi connectivity index (χ4v) is 2.51. The maximum absolute atomic E-state index is 10.9. The first kappa shape index (κ1) is 14.4. The lowest BCUT2D eigenvalue weighted by atomic mass is 9.91. The summed E-state index contributed by atoms with van der Waals surface area (Å²) in [5.74, 6) is -0.790. The van der Waals surface area contributed by atoms with Gasteiger partial charge in [0.15, 0.2) is 0 Å². The minimum Gasteiger partial charge on any atom is -0.480 e. The zero-order valence-corrected chi connectivity index (χ0v) is 10.7. The topological polar surface area (TPSA) is 59.0 Å². The van der Waals surface area contributed by atoms with E-state index in [1.165, 1.54) is 6.42 Å². The maximum Gasteiger partial charge on any atom is 0.317 e. The molecular weight excluding hydrogens is 222 g/mol. The van der Waals surface area contributed by atoms with Gasteiger partial charge in [-0.1, -0.05) is 12.8 Å². The van der Waals surface area contributed by atoms with Crippen LogP contribution in [0, 0.1) is 0 Å². The molecule has 0 aromatic carbocycles. The number of carboxylic acids is 1. The average molecular weight is 245 g/mol. The van der Waals surface area contributed by atoms with E-state index in [-0.39, 0.29) is 18.7 Å². The molecule has 0 radical (unpaired) electrons. The van der Waals surface area contributed by atoms with Gasteiger partial charge in [0.2, 0.25) is 0 Å². The number of carboxylic acid groups (broad SMARTS) is 1. The summed E-state index contributed by atoms with van der Waals surface area (Å²) in [6.07, 6.45) is 4.49. The van der Waals surface area contributed by atoms with Crippen molar-refractivity contribution in [3.05, 3.63) is 0 Å². The van der Waals surface area contributed by atoms with Gasteiger partial charge in [-0.15, -0.1) is 0 Å². The predicted octanol–water partition coefficient (Wildman–Crippen LogP) is 0.977. The Morgan fingerprint density at radius 1 is 1.35 bits per heavy atom. The molecule has 5 nitrogen and oxygen atoms in total. The molecule has 1 N–H and O–H groups in total. The van der Waals surface area contributed by atoms with Crippen molar-refractivity contribution < 1.29 is 19.4 Å². The van der Waals surface area contributed by atoms with Gasteiger partial charge in [-0.3, -0.25) is 9.69 Å². The summed E-state index contributed by atoms with van der Waals surface area (Å²) in [5, 5.41) is 8.95. The molecule has 0 aromatic rings. The van der Waals surface area contributed by atoms with Crippen LogP contribution in [0.15, 0.2) is 0 Å². The van der Waals surface area contributed by atoms with Crippen molar-refractivity contribution in [1.29, 1.82) is 0 Å². The van der Waals surface area contributed by atoms with Gasteiger partial charge >= 0.3 is 5.97 Å². The molecule has 1 saturated carbocycles. The van der Waals surface area contributed by atoms with Crippen molar-refractivity contribution in [3.8, 4) is 0 Å². The zero-order chi connectivity index (χ0) is 12.7. The van der Waals surface area contributed by atoms with E-state index in [2.05, 4.69) is 0 Å². The molecule has 1 fully saturated rings. The quantitative estimate of drug-likeness (QED) is 0.724. The molecule has 100 valence electrons. The second kappa shape index (κ2) is 7.63. The number of methoxy groups -OCH3 is 2. The van der Waals surface area contributed by atoms with Crippen LogP contribution in [0.1, 0.15) is 25.7 Å².